The van der Waals surface area contributed by atoms with Gasteiger partial charge in [0.15, 0.2) is 0 Å². The van der Waals surface area contributed by atoms with E-state index in [2.05, 4.69) is 0 Å². The van der Waals surface area contributed by atoms with E-state index < -0.39 is 0 Å². The predicted molar refractivity (Wildman–Crippen MR) is 33.5 cm³/mol. The number of aliphatic hydroxyl groups excluding tert-OH is 1. The van der Waals surface area contributed by atoms with Crippen molar-refractivity contribution in [2.45, 2.75) is 25.9 Å². The molecule has 1 rings (SSSR count). The van der Waals surface area contributed by atoms with Gasteiger partial charge in [-0.05, 0) is 25.7 Å². The van der Waals surface area contributed by atoms with Crippen LogP contribution in [0.5, 0.6) is 0 Å². The van der Waals surface area contributed by atoms with Gasteiger partial charge in [-0.3, -0.25) is 0 Å². The van der Waals surface area contributed by atoms with Crippen LogP contribution in [-0.2, 0) is 0 Å². The zero-order valence-corrected chi connectivity index (χ0v) is 5.17. The summed E-state index contributed by atoms with van der Waals surface area (Å²) in [7, 11) is 0. The molecule has 1 fully saturated rings. The summed E-state index contributed by atoms with van der Waals surface area (Å²) in [5.41, 5.74) is 0. The fraction of sp³-hybridized carbons (Fsp3) is 0.714. The Morgan fingerprint density at radius 2 is 2.25 bits per heavy atom. The zero-order valence-electron chi connectivity index (χ0n) is 5.17. The van der Waals surface area contributed by atoms with E-state index in [1.54, 1.807) is 0 Å². The molecule has 0 heterocycles. The van der Waals surface area contributed by atoms with Crippen LogP contribution in [0, 0.1) is 5.92 Å². The molecule has 0 radical (unpaired) electrons. The highest BCUT2D eigenvalue weighted by Gasteiger charge is 2.27. The zero-order chi connectivity index (χ0) is 5.98. The molecule has 1 atom stereocenters. The molecule has 0 saturated heterocycles. The van der Waals surface area contributed by atoms with E-state index in [1.807, 2.05) is 19.1 Å². The SMILES string of the molecule is C/C=C\[C@H](O)C1CC1. The molecule has 0 amide bonds. The molecule has 0 bridgehead atoms. The van der Waals surface area contributed by atoms with Gasteiger partial charge in [0.2, 0.25) is 0 Å². The van der Waals surface area contributed by atoms with E-state index in [-0.39, 0.29) is 6.10 Å². The van der Waals surface area contributed by atoms with Crippen LogP contribution in [0.3, 0.4) is 0 Å². The van der Waals surface area contributed by atoms with Gasteiger partial charge in [0.05, 0.1) is 6.10 Å². The normalized spacial score (nSPS) is 24.2. The summed E-state index contributed by atoms with van der Waals surface area (Å²) >= 11 is 0. The highest BCUT2D eigenvalue weighted by molar-refractivity contribution is 4.94. The number of allylic oxidation sites excluding steroid dienone is 1. The summed E-state index contributed by atoms with van der Waals surface area (Å²) in [6.07, 6.45) is 6.04. The van der Waals surface area contributed by atoms with Crippen LogP contribution < -0.4 is 0 Å². The van der Waals surface area contributed by atoms with Gasteiger partial charge in [-0.2, -0.15) is 0 Å². The Morgan fingerprint density at radius 3 is 2.62 bits per heavy atom. The summed E-state index contributed by atoms with van der Waals surface area (Å²) in [6.45, 7) is 1.94. The molecule has 1 aliphatic rings. The number of hydrogen-bond acceptors (Lipinski definition) is 1. The second-order valence-electron chi connectivity index (χ2n) is 2.35. The quantitative estimate of drug-likeness (QED) is 0.534. The van der Waals surface area contributed by atoms with Crippen molar-refractivity contribution >= 4 is 0 Å². The average molecular weight is 112 g/mol. The van der Waals surface area contributed by atoms with Crippen molar-refractivity contribution in [1.82, 2.24) is 0 Å². The third kappa shape index (κ3) is 1.34. The highest BCUT2D eigenvalue weighted by atomic mass is 16.3. The maximum atomic E-state index is 9.10. The first-order valence-electron chi connectivity index (χ1n) is 3.15. The maximum absolute atomic E-state index is 9.10. The molecule has 0 aliphatic heterocycles. The molecule has 0 aromatic heterocycles. The maximum Gasteiger partial charge on any atom is 0.0748 e. The molecular weight excluding hydrogens is 100 g/mol. The first-order chi connectivity index (χ1) is 3.84. The summed E-state index contributed by atoms with van der Waals surface area (Å²) in [5, 5.41) is 9.10. The van der Waals surface area contributed by atoms with Gasteiger partial charge in [0, 0.05) is 0 Å². The van der Waals surface area contributed by atoms with E-state index in [0.717, 1.165) is 0 Å². The molecule has 1 saturated carbocycles. The standard InChI is InChI=1S/C7H12O/c1-2-3-7(8)6-4-5-6/h2-3,6-8H,4-5H2,1H3/b3-2-/t7-/m0/s1. The van der Waals surface area contributed by atoms with E-state index in [1.165, 1.54) is 12.8 Å². The second-order valence-corrected chi connectivity index (χ2v) is 2.35. The molecule has 46 valence electrons. The largest absolute Gasteiger partial charge is 0.389 e. The topological polar surface area (TPSA) is 20.2 Å². The van der Waals surface area contributed by atoms with Crippen molar-refractivity contribution < 1.29 is 5.11 Å². The summed E-state index contributed by atoms with van der Waals surface area (Å²) in [5.74, 6) is 0.589. The molecule has 0 unspecified atom stereocenters. The molecule has 1 N–H and O–H groups in total. The molecule has 1 nitrogen and oxygen atoms in total. The smallest absolute Gasteiger partial charge is 0.0748 e. The summed E-state index contributed by atoms with van der Waals surface area (Å²) in [4.78, 5) is 0. The third-order valence-corrected chi connectivity index (χ3v) is 1.49. The lowest BCUT2D eigenvalue weighted by atomic mass is 10.2. The molecule has 0 aromatic carbocycles. The molecule has 8 heavy (non-hydrogen) atoms. The van der Waals surface area contributed by atoms with Crippen LogP contribution in [-0.4, -0.2) is 11.2 Å². The van der Waals surface area contributed by atoms with E-state index >= 15 is 0 Å². The monoisotopic (exact) mass is 112 g/mol. The Kier molecular flexibility index (Phi) is 1.69. The van der Waals surface area contributed by atoms with E-state index in [0.29, 0.717) is 5.92 Å². The fourth-order valence-electron chi connectivity index (χ4n) is 0.792. The Morgan fingerprint density at radius 1 is 1.62 bits per heavy atom. The van der Waals surface area contributed by atoms with Crippen molar-refractivity contribution in [1.29, 1.82) is 0 Å². The van der Waals surface area contributed by atoms with Crippen LogP contribution in [0.2, 0.25) is 0 Å². The minimum absolute atomic E-state index is 0.153. The first-order valence-corrected chi connectivity index (χ1v) is 3.15. The minimum atomic E-state index is -0.153. The lowest BCUT2D eigenvalue weighted by Crippen LogP contribution is -2.03. The van der Waals surface area contributed by atoms with Crippen molar-refractivity contribution in [3.8, 4) is 0 Å². The number of hydrogen-bond donors (Lipinski definition) is 1. The Balaban J connectivity index is 2.22. The van der Waals surface area contributed by atoms with Crippen molar-refractivity contribution in [3.63, 3.8) is 0 Å². The third-order valence-electron chi connectivity index (χ3n) is 1.49. The predicted octanol–water partition coefficient (Wildman–Crippen LogP) is 1.33. The number of rotatable bonds is 2. The van der Waals surface area contributed by atoms with Gasteiger partial charge in [-0.15, -0.1) is 0 Å². The lowest BCUT2D eigenvalue weighted by Gasteiger charge is -1.98. The van der Waals surface area contributed by atoms with E-state index in [4.69, 9.17) is 5.11 Å². The van der Waals surface area contributed by atoms with Crippen LogP contribution in [0.15, 0.2) is 12.2 Å². The van der Waals surface area contributed by atoms with Crippen LogP contribution in [0.25, 0.3) is 0 Å². The number of aliphatic hydroxyl groups is 1. The Hall–Kier alpha value is -0.300. The molecule has 1 heteroatoms. The van der Waals surface area contributed by atoms with Crippen LogP contribution in [0.4, 0.5) is 0 Å². The van der Waals surface area contributed by atoms with E-state index in [9.17, 15) is 0 Å². The molecule has 0 aromatic rings. The fourth-order valence-corrected chi connectivity index (χ4v) is 0.792. The minimum Gasteiger partial charge on any atom is -0.389 e. The van der Waals surface area contributed by atoms with Gasteiger partial charge in [0.1, 0.15) is 0 Å². The van der Waals surface area contributed by atoms with Crippen molar-refractivity contribution in [3.05, 3.63) is 12.2 Å². The highest BCUT2D eigenvalue weighted by Crippen LogP contribution is 2.32. The van der Waals surface area contributed by atoms with Crippen molar-refractivity contribution in [2.75, 3.05) is 0 Å². The lowest BCUT2D eigenvalue weighted by molar-refractivity contribution is 0.199. The average Bonchev–Trinajstić information content (AvgIpc) is 2.45. The Bertz CT molecular complexity index is 92.6. The summed E-state index contributed by atoms with van der Waals surface area (Å²) in [6, 6.07) is 0. The van der Waals surface area contributed by atoms with Crippen molar-refractivity contribution in [2.24, 2.45) is 5.92 Å². The molecule has 0 spiro atoms. The van der Waals surface area contributed by atoms with Gasteiger partial charge in [-0.1, -0.05) is 12.2 Å². The Labute approximate surface area is 50.0 Å². The van der Waals surface area contributed by atoms with Gasteiger partial charge in [-0.25, -0.2) is 0 Å². The van der Waals surface area contributed by atoms with Gasteiger partial charge < -0.3 is 5.11 Å². The second kappa shape index (κ2) is 2.31. The van der Waals surface area contributed by atoms with Crippen LogP contribution in [0.1, 0.15) is 19.8 Å². The molecule has 1 aliphatic carbocycles. The van der Waals surface area contributed by atoms with Crippen LogP contribution >= 0.6 is 0 Å². The first kappa shape index (κ1) is 5.83. The molecular formula is C7H12O. The van der Waals surface area contributed by atoms with Gasteiger partial charge >= 0.3 is 0 Å². The summed E-state index contributed by atoms with van der Waals surface area (Å²) < 4.78 is 0. The van der Waals surface area contributed by atoms with Gasteiger partial charge in [0.25, 0.3) is 0 Å².